The van der Waals surface area contributed by atoms with Crippen LogP contribution in [-0.2, 0) is 9.53 Å². The number of aliphatic hydroxyl groups is 1. The summed E-state index contributed by atoms with van der Waals surface area (Å²) in [6.45, 7) is 0. The molecular weight excluding hydrogens is 298 g/mol. The van der Waals surface area contributed by atoms with Crippen molar-refractivity contribution in [3.8, 4) is 0 Å². The van der Waals surface area contributed by atoms with Crippen LogP contribution in [0.15, 0.2) is 59.5 Å². The van der Waals surface area contributed by atoms with Crippen molar-refractivity contribution in [2.45, 2.75) is 16.2 Å². The van der Waals surface area contributed by atoms with Crippen molar-refractivity contribution in [3.63, 3.8) is 0 Å². The van der Waals surface area contributed by atoms with Crippen LogP contribution in [0.3, 0.4) is 0 Å². The number of esters is 1. The topological polar surface area (TPSA) is 58.6 Å². The maximum absolute atomic E-state index is 11.8. The van der Waals surface area contributed by atoms with Crippen molar-refractivity contribution in [1.29, 1.82) is 0 Å². The fourth-order valence-corrected chi connectivity index (χ4v) is 3.38. The first-order valence-corrected chi connectivity index (χ1v) is 7.79. The summed E-state index contributed by atoms with van der Waals surface area (Å²) in [5.74, 6) is -0.636. The van der Waals surface area contributed by atoms with Crippen molar-refractivity contribution >= 4 is 23.4 Å². The zero-order valence-electron chi connectivity index (χ0n) is 12.5. The number of thioether (sulfide) groups is 1. The van der Waals surface area contributed by atoms with Crippen molar-refractivity contribution in [2.24, 2.45) is 0 Å². The minimum Gasteiger partial charge on any atom is -0.467 e. The highest BCUT2D eigenvalue weighted by Gasteiger charge is 2.29. The summed E-state index contributed by atoms with van der Waals surface area (Å²) in [6.07, 6.45) is -1.23. The Labute approximate surface area is 134 Å². The van der Waals surface area contributed by atoms with Crippen LogP contribution in [-0.4, -0.2) is 31.3 Å². The molecule has 116 valence electrons. The maximum Gasteiger partial charge on any atom is 0.336 e. The summed E-state index contributed by atoms with van der Waals surface area (Å²) in [4.78, 5) is 12.7. The van der Waals surface area contributed by atoms with Crippen LogP contribution in [0.5, 0.6) is 0 Å². The van der Waals surface area contributed by atoms with E-state index in [0.717, 1.165) is 16.1 Å². The molecule has 0 radical (unpaired) electrons. The normalized spacial score (nSPS) is 13.2. The molecule has 2 atom stereocenters. The second-order valence-electron chi connectivity index (χ2n) is 4.66. The third-order valence-electron chi connectivity index (χ3n) is 3.27. The number of para-hydroxylation sites is 1. The van der Waals surface area contributed by atoms with Crippen molar-refractivity contribution < 1.29 is 14.6 Å². The van der Waals surface area contributed by atoms with E-state index in [1.165, 1.54) is 18.9 Å². The Kier molecular flexibility index (Phi) is 5.86. The number of rotatable bonds is 6. The highest BCUT2D eigenvalue weighted by molar-refractivity contribution is 7.99. The molecule has 0 spiro atoms. The standard InChI is InChI=1S/C17H19NO3S/c1-18-13-10-6-7-11-14(13)22-16(15(19)17(20)21-2)12-8-4-3-5-9-12/h3-11,15-16,18-19H,1-2H3/t15?,16-/m0/s1. The van der Waals surface area contributed by atoms with Gasteiger partial charge in [0, 0.05) is 17.6 Å². The Morgan fingerprint density at radius 1 is 1.14 bits per heavy atom. The van der Waals surface area contributed by atoms with E-state index in [-0.39, 0.29) is 0 Å². The Balaban J connectivity index is 2.34. The molecular formula is C17H19NO3S. The lowest BCUT2D eigenvalue weighted by Gasteiger charge is -2.22. The quantitative estimate of drug-likeness (QED) is 0.633. The third kappa shape index (κ3) is 3.81. The number of methoxy groups -OCH3 is 1. The summed E-state index contributed by atoms with van der Waals surface area (Å²) in [5.41, 5.74) is 1.82. The number of carbonyl (C=O) groups is 1. The highest BCUT2D eigenvalue weighted by Crippen LogP contribution is 2.41. The summed E-state index contributed by atoms with van der Waals surface area (Å²) in [7, 11) is 3.12. The number of carbonyl (C=O) groups excluding carboxylic acids is 1. The lowest BCUT2D eigenvalue weighted by molar-refractivity contribution is -0.150. The zero-order chi connectivity index (χ0) is 15.9. The summed E-state index contributed by atoms with van der Waals surface area (Å²) in [6, 6.07) is 17.2. The summed E-state index contributed by atoms with van der Waals surface area (Å²) >= 11 is 1.43. The molecule has 0 saturated heterocycles. The van der Waals surface area contributed by atoms with Gasteiger partial charge in [-0.1, -0.05) is 42.5 Å². The Morgan fingerprint density at radius 2 is 1.77 bits per heavy atom. The van der Waals surface area contributed by atoms with Gasteiger partial charge in [0.05, 0.1) is 12.4 Å². The number of ether oxygens (including phenoxy) is 1. The molecule has 4 nitrogen and oxygen atoms in total. The van der Waals surface area contributed by atoms with Gasteiger partial charge in [-0.25, -0.2) is 4.79 Å². The minimum absolute atomic E-state index is 0.442. The molecule has 0 aliphatic rings. The predicted octanol–water partition coefficient (Wildman–Crippen LogP) is 3.10. The molecule has 2 rings (SSSR count). The van der Waals surface area contributed by atoms with Crippen LogP contribution < -0.4 is 5.32 Å². The summed E-state index contributed by atoms with van der Waals surface area (Å²) in [5, 5.41) is 13.0. The lowest BCUT2D eigenvalue weighted by atomic mass is 10.1. The molecule has 0 heterocycles. The van der Waals surface area contributed by atoms with Crippen LogP contribution in [0.1, 0.15) is 10.8 Å². The number of nitrogens with one attached hydrogen (secondary N) is 1. The third-order valence-corrected chi connectivity index (χ3v) is 4.66. The number of aliphatic hydroxyl groups excluding tert-OH is 1. The fourth-order valence-electron chi connectivity index (χ4n) is 2.11. The molecule has 22 heavy (non-hydrogen) atoms. The molecule has 2 N–H and O–H groups in total. The smallest absolute Gasteiger partial charge is 0.336 e. The Morgan fingerprint density at radius 3 is 2.41 bits per heavy atom. The molecule has 5 heteroatoms. The number of hydrogen-bond acceptors (Lipinski definition) is 5. The summed E-state index contributed by atoms with van der Waals surface area (Å²) < 4.78 is 4.69. The van der Waals surface area contributed by atoms with E-state index < -0.39 is 17.3 Å². The molecule has 2 aromatic carbocycles. The molecule has 0 aromatic heterocycles. The zero-order valence-corrected chi connectivity index (χ0v) is 13.3. The van der Waals surface area contributed by atoms with E-state index in [1.807, 2.05) is 61.6 Å². The second-order valence-corrected chi connectivity index (χ2v) is 5.85. The van der Waals surface area contributed by atoms with Gasteiger partial charge in [-0.15, -0.1) is 11.8 Å². The van der Waals surface area contributed by atoms with Gasteiger partial charge in [0.25, 0.3) is 0 Å². The second kappa shape index (κ2) is 7.87. The molecule has 0 bridgehead atoms. The number of anilines is 1. The molecule has 0 fully saturated rings. The fraction of sp³-hybridized carbons (Fsp3) is 0.235. The Hall–Kier alpha value is -1.98. The first-order chi connectivity index (χ1) is 10.7. The van der Waals surface area contributed by atoms with Gasteiger partial charge in [-0.2, -0.15) is 0 Å². The van der Waals surface area contributed by atoms with Gasteiger partial charge in [0.1, 0.15) is 0 Å². The van der Waals surface area contributed by atoms with Crippen LogP contribution in [0.25, 0.3) is 0 Å². The van der Waals surface area contributed by atoms with Gasteiger partial charge >= 0.3 is 5.97 Å². The maximum atomic E-state index is 11.8. The van der Waals surface area contributed by atoms with Crippen LogP contribution >= 0.6 is 11.8 Å². The van der Waals surface area contributed by atoms with E-state index in [0.29, 0.717) is 0 Å². The van der Waals surface area contributed by atoms with Crippen molar-refractivity contribution in [1.82, 2.24) is 0 Å². The minimum atomic E-state index is -1.23. The molecule has 0 amide bonds. The van der Waals surface area contributed by atoms with Crippen molar-refractivity contribution in [3.05, 3.63) is 60.2 Å². The van der Waals surface area contributed by atoms with E-state index in [2.05, 4.69) is 5.32 Å². The van der Waals surface area contributed by atoms with Crippen LogP contribution in [0.2, 0.25) is 0 Å². The highest BCUT2D eigenvalue weighted by atomic mass is 32.2. The SMILES string of the molecule is CNc1ccccc1S[C@@H](c1ccccc1)C(O)C(=O)OC. The molecule has 0 aliphatic heterocycles. The average Bonchev–Trinajstić information content (AvgIpc) is 2.59. The molecule has 1 unspecified atom stereocenters. The van der Waals surface area contributed by atoms with Gasteiger partial charge in [-0.3, -0.25) is 0 Å². The molecule has 0 aliphatic carbocycles. The first kappa shape index (κ1) is 16.4. The lowest BCUT2D eigenvalue weighted by Crippen LogP contribution is -2.27. The van der Waals surface area contributed by atoms with Crippen LogP contribution in [0.4, 0.5) is 5.69 Å². The number of hydrogen-bond donors (Lipinski definition) is 2. The predicted molar refractivity (Wildman–Crippen MR) is 89.1 cm³/mol. The largest absolute Gasteiger partial charge is 0.467 e. The van der Waals surface area contributed by atoms with Gasteiger partial charge in [-0.05, 0) is 17.7 Å². The van der Waals surface area contributed by atoms with Gasteiger partial charge in [0.2, 0.25) is 0 Å². The van der Waals surface area contributed by atoms with Gasteiger partial charge < -0.3 is 15.2 Å². The van der Waals surface area contributed by atoms with Crippen LogP contribution in [0, 0.1) is 0 Å². The van der Waals surface area contributed by atoms with E-state index >= 15 is 0 Å². The van der Waals surface area contributed by atoms with Gasteiger partial charge in [0.15, 0.2) is 6.10 Å². The van der Waals surface area contributed by atoms with Crippen molar-refractivity contribution in [2.75, 3.05) is 19.5 Å². The van der Waals surface area contributed by atoms with E-state index in [9.17, 15) is 9.90 Å². The number of benzene rings is 2. The van der Waals surface area contributed by atoms with E-state index in [4.69, 9.17) is 4.74 Å². The van der Waals surface area contributed by atoms with E-state index in [1.54, 1.807) is 0 Å². The molecule has 0 saturated carbocycles. The average molecular weight is 317 g/mol. The molecule has 2 aromatic rings. The first-order valence-electron chi connectivity index (χ1n) is 6.91. The Bertz CT molecular complexity index is 618. The monoisotopic (exact) mass is 317 g/mol.